The number of ether oxygens (including phenoxy) is 3. The number of nitrogens with two attached hydrogens (primary N) is 1. The summed E-state index contributed by atoms with van der Waals surface area (Å²) in [6.07, 6.45) is 1.46. The van der Waals surface area contributed by atoms with Crippen molar-refractivity contribution in [3.63, 3.8) is 0 Å². The van der Waals surface area contributed by atoms with Crippen LogP contribution in [0.2, 0.25) is 0 Å². The number of nitrogen functional groups attached to an aromatic ring is 1. The molecule has 104 valence electrons. The van der Waals surface area contributed by atoms with Crippen molar-refractivity contribution in [3.8, 4) is 17.2 Å². The van der Waals surface area contributed by atoms with Gasteiger partial charge in [0.1, 0.15) is 11.5 Å². The third kappa shape index (κ3) is 2.97. The monoisotopic (exact) mass is 274 g/mol. The van der Waals surface area contributed by atoms with E-state index in [2.05, 4.69) is 9.72 Å². The summed E-state index contributed by atoms with van der Waals surface area (Å²) < 4.78 is 15.3. The van der Waals surface area contributed by atoms with Crippen LogP contribution in [0.3, 0.4) is 0 Å². The van der Waals surface area contributed by atoms with Gasteiger partial charge in [-0.25, -0.2) is 9.78 Å². The van der Waals surface area contributed by atoms with Crippen LogP contribution in [0.5, 0.6) is 17.2 Å². The number of nitrogens with zero attached hydrogens (tertiary/aromatic N) is 1. The molecule has 0 amide bonds. The van der Waals surface area contributed by atoms with Gasteiger partial charge in [0.2, 0.25) is 0 Å². The summed E-state index contributed by atoms with van der Waals surface area (Å²) in [4.78, 5) is 15.3. The highest BCUT2D eigenvalue weighted by molar-refractivity contribution is 5.87. The van der Waals surface area contributed by atoms with E-state index in [4.69, 9.17) is 15.2 Å². The number of hydrogen-bond acceptors (Lipinski definition) is 6. The molecule has 0 radical (unpaired) electrons. The van der Waals surface area contributed by atoms with Crippen LogP contribution in [0.15, 0.2) is 36.5 Å². The van der Waals surface area contributed by atoms with Crippen LogP contribution in [0.1, 0.15) is 10.5 Å². The minimum Gasteiger partial charge on any atom is -0.497 e. The lowest BCUT2D eigenvalue weighted by Crippen LogP contribution is -2.04. The number of rotatable bonds is 4. The molecule has 1 aromatic carbocycles. The zero-order valence-electron chi connectivity index (χ0n) is 11.1. The van der Waals surface area contributed by atoms with Crippen molar-refractivity contribution >= 4 is 11.7 Å². The molecule has 1 aromatic heterocycles. The van der Waals surface area contributed by atoms with Crippen molar-refractivity contribution in [2.45, 2.75) is 0 Å². The molecule has 2 rings (SSSR count). The van der Waals surface area contributed by atoms with Crippen molar-refractivity contribution < 1.29 is 19.0 Å². The molecule has 0 bridgehead atoms. The van der Waals surface area contributed by atoms with Crippen molar-refractivity contribution in [1.82, 2.24) is 4.98 Å². The fourth-order valence-electron chi connectivity index (χ4n) is 1.56. The van der Waals surface area contributed by atoms with E-state index in [1.807, 2.05) is 0 Å². The zero-order chi connectivity index (χ0) is 14.5. The summed E-state index contributed by atoms with van der Waals surface area (Å²) in [6, 6.07) is 8.17. The standard InChI is InChI=1S/C14H14N2O4/c1-18-9-3-4-13(11(15)7-9)20-10-5-6-16-12(8-10)14(17)19-2/h3-8H,15H2,1-2H3. The Morgan fingerprint density at radius 3 is 2.60 bits per heavy atom. The number of esters is 1. The van der Waals surface area contributed by atoms with E-state index in [9.17, 15) is 4.79 Å². The van der Waals surface area contributed by atoms with Gasteiger partial charge in [-0.15, -0.1) is 0 Å². The molecular weight excluding hydrogens is 260 g/mol. The smallest absolute Gasteiger partial charge is 0.356 e. The number of carbonyl (C=O) groups excluding carboxylic acids is 1. The Morgan fingerprint density at radius 2 is 1.95 bits per heavy atom. The molecule has 0 aliphatic rings. The Morgan fingerprint density at radius 1 is 1.15 bits per heavy atom. The average molecular weight is 274 g/mol. The summed E-state index contributed by atoms with van der Waals surface area (Å²) >= 11 is 0. The highest BCUT2D eigenvalue weighted by Crippen LogP contribution is 2.30. The van der Waals surface area contributed by atoms with Crippen molar-refractivity contribution in [2.24, 2.45) is 0 Å². The van der Waals surface area contributed by atoms with E-state index in [1.54, 1.807) is 31.4 Å². The van der Waals surface area contributed by atoms with E-state index < -0.39 is 5.97 Å². The van der Waals surface area contributed by atoms with Crippen LogP contribution in [-0.4, -0.2) is 25.2 Å². The van der Waals surface area contributed by atoms with Crippen LogP contribution in [0.4, 0.5) is 5.69 Å². The van der Waals surface area contributed by atoms with Gasteiger partial charge in [-0.2, -0.15) is 0 Å². The predicted octanol–water partition coefficient (Wildman–Crippen LogP) is 2.25. The molecule has 0 aliphatic carbocycles. The minimum absolute atomic E-state index is 0.164. The molecule has 0 spiro atoms. The molecule has 6 nitrogen and oxygen atoms in total. The second-order valence-corrected chi connectivity index (χ2v) is 3.87. The van der Waals surface area contributed by atoms with E-state index in [-0.39, 0.29) is 5.69 Å². The first-order valence-electron chi connectivity index (χ1n) is 5.79. The molecule has 2 aromatic rings. The van der Waals surface area contributed by atoms with Crippen LogP contribution in [0, 0.1) is 0 Å². The lowest BCUT2D eigenvalue weighted by Gasteiger charge is -2.10. The molecule has 0 fully saturated rings. The van der Waals surface area contributed by atoms with Gasteiger partial charge in [-0.3, -0.25) is 0 Å². The summed E-state index contributed by atoms with van der Waals surface area (Å²) in [6.45, 7) is 0. The third-order valence-electron chi connectivity index (χ3n) is 2.57. The Bertz CT molecular complexity index is 628. The summed E-state index contributed by atoms with van der Waals surface area (Å²) in [5.74, 6) is 1.02. The molecule has 20 heavy (non-hydrogen) atoms. The first-order valence-corrected chi connectivity index (χ1v) is 5.79. The number of aromatic nitrogens is 1. The highest BCUT2D eigenvalue weighted by Gasteiger charge is 2.10. The lowest BCUT2D eigenvalue weighted by atomic mass is 10.2. The van der Waals surface area contributed by atoms with Gasteiger partial charge in [0.15, 0.2) is 11.4 Å². The second kappa shape index (κ2) is 5.92. The first-order chi connectivity index (χ1) is 9.63. The van der Waals surface area contributed by atoms with Gasteiger partial charge in [0, 0.05) is 18.3 Å². The van der Waals surface area contributed by atoms with Gasteiger partial charge in [-0.05, 0) is 18.2 Å². The Hall–Kier alpha value is -2.76. The maximum Gasteiger partial charge on any atom is 0.356 e. The maximum absolute atomic E-state index is 11.4. The molecule has 2 N–H and O–H groups in total. The quantitative estimate of drug-likeness (QED) is 0.680. The molecule has 0 saturated heterocycles. The number of carbonyl (C=O) groups is 1. The van der Waals surface area contributed by atoms with E-state index in [1.165, 1.54) is 19.4 Å². The number of anilines is 1. The SMILES string of the molecule is COC(=O)c1cc(Oc2ccc(OC)cc2N)ccn1. The van der Waals surface area contributed by atoms with Gasteiger partial charge in [0.25, 0.3) is 0 Å². The molecule has 1 heterocycles. The summed E-state index contributed by atoms with van der Waals surface area (Å²) in [5, 5.41) is 0. The largest absolute Gasteiger partial charge is 0.497 e. The molecule has 0 saturated carbocycles. The Kier molecular flexibility index (Phi) is 4.05. The van der Waals surface area contributed by atoms with Crippen molar-refractivity contribution in [3.05, 3.63) is 42.2 Å². The molecular formula is C14H14N2O4. The summed E-state index contributed by atoms with van der Waals surface area (Å²) in [5.41, 5.74) is 6.45. The average Bonchev–Trinajstić information content (AvgIpc) is 2.48. The normalized spacial score (nSPS) is 9.90. The number of hydrogen-bond donors (Lipinski definition) is 1. The Balaban J connectivity index is 2.24. The van der Waals surface area contributed by atoms with E-state index in [0.29, 0.717) is 22.9 Å². The highest BCUT2D eigenvalue weighted by atomic mass is 16.5. The third-order valence-corrected chi connectivity index (χ3v) is 2.57. The molecule has 0 aliphatic heterocycles. The van der Waals surface area contributed by atoms with Crippen LogP contribution >= 0.6 is 0 Å². The summed E-state index contributed by atoms with van der Waals surface area (Å²) in [7, 11) is 2.85. The van der Waals surface area contributed by atoms with Gasteiger partial charge in [0.05, 0.1) is 19.9 Å². The van der Waals surface area contributed by atoms with Crippen LogP contribution < -0.4 is 15.2 Å². The molecule has 0 atom stereocenters. The zero-order valence-corrected chi connectivity index (χ0v) is 11.1. The van der Waals surface area contributed by atoms with E-state index in [0.717, 1.165) is 0 Å². The first kappa shape index (κ1) is 13.7. The fourth-order valence-corrected chi connectivity index (χ4v) is 1.56. The number of pyridine rings is 1. The topological polar surface area (TPSA) is 83.7 Å². The van der Waals surface area contributed by atoms with Crippen LogP contribution in [0.25, 0.3) is 0 Å². The Labute approximate surface area is 116 Å². The van der Waals surface area contributed by atoms with Gasteiger partial charge < -0.3 is 19.9 Å². The number of methoxy groups -OCH3 is 2. The molecule has 0 unspecified atom stereocenters. The van der Waals surface area contributed by atoms with Crippen molar-refractivity contribution in [2.75, 3.05) is 20.0 Å². The van der Waals surface area contributed by atoms with Crippen molar-refractivity contribution in [1.29, 1.82) is 0 Å². The second-order valence-electron chi connectivity index (χ2n) is 3.87. The lowest BCUT2D eigenvalue weighted by molar-refractivity contribution is 0.0593. The minimum atomic E-state index is -0.529. The predicted molar refractivity (Wildman–Crippen MR) is 73.1 cm³/mol. The number of benzene rings is 1. The maximum atomic E-state index is 11.4. The van der Waals surface area contributed by atoms with Crippen LogP contribution in [-0.2, 0) is 4.74 Å². The fraction of sp³-hybridized carbons (Fsp3) is 0.143. The molecule has 6 heteroatoms. The van der Waals surface area contributed by atoms with E-state index >= 15 is 0 Å². The van der Waals surface area contributed by atoms with Gasteiger partial charge >= 0.3 is 5.97 Å². The van der Waals surface area contributed by atoms with Gasteiger partial charge in [-0.1, -0.05) is 0 Å².